The van der Waals surface area contributed by atoms with E-state index in [2.05, 4.69) is 24.0 Å². The largest absolute Gasteiger partial charge is 0.382 e. The van der Waals surface area contributed by atoms with Gasteiger partial charge < -0.3 is 5.73 Å². The van der Waals surface area contributed by atoms with Crippen LogP contribution in [-0.2, 0) is 0 Å². The Balaban J connectivity index is 1.84. The lowest BCUT2D eigenvalue weighted by Gasteiger charge is -2.08. The summed E-state index contributed by atoms with van der Waals surface area (Å²) in [5, 5.41) is 18.8. The van der Waals surface area contributed by atoms with Crippen molar-refractivity contribution < 1.29 is 4.39 Å². The van der Waals surface area contributed by atoms with Gasteiger partial charge in [-0.15, -0.1) is 0 Å². The average Bonchev–Trinajstić information content (AvgIpc) is 3.24. The zero-order valence-corrected chi connectivity index (χ0v) is 14.9. The van der Waals surface area contributed by atoms with Crippen molar-refractivity contribution in [1.29, 1.82) is 5.26 Å². The third kappa shape index (κ3) is 2.91. The van der Waals surface area contributed by atoms with Crippen molar-refractivity contribution >= 4 is 16.7 Å². The lowest BCUT2D eigenvalue weighted by atomic mass is 10.1. The molecule has 0 amide bonds. The Morgan fingerprint density at radius 2 is 1.93 bits per heavy atom. The van der Waals surface area contributed by atoms with E-state index in [0.29, 0.717) is 17.1 Å². The molecular weight excluding hydrogens is 343 g/mol. The molecule has 2 aromatic carbocycles. The van der Waals surface area contributed by atoms with Crippen LogP contribution in [0.2, 0.25) is 0 Å². The van der Waals surface area contributed by atoms with Gasteiger partial charge in [-0.25, -0.2) is 9.07 Å². The Labute approximate surface area is 155 Å². The van der Waals surface area contributed by atoms with E-state index in [0.717, 1.165) is 16.6 Å². The zero-order chi connectivity index (χ0) is 19.1. The zero-order valence-electron chi connectivity index (χ0n) is 14.9. The van der Waals surface area contributed by atoms with Crippen molar-refractivity contribution in [3.63, 3.8) is 0 Å². The van der Waals surface area contributed by atoms with Gasteiger partial charge in [0, 0.05) is 29.3 Å². The maximum atomic E-state index is 14.1. The lowest BCUT2D eigenvalue weighted by molar-refractivity contribution is 0.537. The molecule has 0 saturated heterocycles. The van der Waals surface area contributed by atoms with Crippen LogP contribution in [-0.4, -0.2) is 19.6 Å². The SMILES string of the molecule is CC(C)n1cc2cc(-n3nc(N)cc3-c3ccc(C#N)c(F)c3)ccc2n1. The number of halogens is 1. The number of benzene rings is 2. The molecule has 0 unspecified atom stereocenters. The minimum atomic E-state index is -0.574. The van der Waals surface area contributed by atoms with Gasteiger partial charge in [0.25, 0.3) is 0 Å². The second kappa shape index (κ2) is 6.25. The van der Waals surface area contributed by atoms with E-state index in [1.54, 1.807) is 16.8 Å². The number of fused-ring (bicyclic) bond motifs is 1. The highest BCUT2D eigenvalue weighted by atomic mass is 19.1. The first-order valence-electron chi connectivity index (χ1n) is 8.51. The minimum Gasteiger partial charge on any atom is -0.382 e. The van der Waals surface area contributed by atoms with Gasteiger partial charge in [-0.1, -0.05) is 6.07 Å². The molecule has 27 heavy (non-hydrogen) atoms. The number of hydrogen-bond acceptors (Lipinski definition) is 4. The van der Waals surface area contributed by atoms with Crippen molar-refractivity contribution in [2.45, 2.75) is 19.9 Å². The molecule has 0 aliphatic carbocycles. The van der Waals surface area contributed by atoms with Crippen molar-refractivity contribution in [2.75, 3.05) is 5.73 Å². The summed E-state index contributed by atoms with van der Waals surface area (Å²) in [7, 11) is 0. The molecule has 0 bridgehead atoms. The highest BCUT2D eigenvalue weighted by molar-refractivity contribution is 5.81. The Bertz CT molecular complexity index is 1200. The summed E-state index contributed by atoms with van der Waals surface area (Å²) < 4.78 is 17.6. The van der Waals surface area contributed by atoms with Crippen LogP contribution in [0.3, 0.4) is 0 Å². The maximum Gasteiger partial charge on any atom is 0.146 e. The van der Waals surface area contributed by atoms with Crippen LogP contribution in [0.15, 0.2) is 48.7 Å². The maximum absolute atomic E-state index is 14.1. The Morgan fingerprint density at radius 1 is 1.11 bits per heavy atom. The van der Waals surface area contributed by atoms with Gasteiger partial charge in [-0.3, -0.25) is 4.68 Å². The van der Waals surface area contributed by atoms with Crippen LogP contribution in [0.5, 0.6) is 0 Å². The normalized spacial score (nSPS) is 11.2. The summed E-state index contributed by atoms with van der Waals surface area (Å²) in [6.07, 6.45) is 1.98. The van der Waals surface area contributed by atoms with E-state index in [1.807, 2.05) is 35.1 Å². The van der Waals surface area contributed by atoms with Crippen LogP contribution >= 0.6 is 0 Å². The average molecular weight is 360 g/mol. The second-order valence-electron chi connectivity index (χ2n) is 6.62. The molecule has 2 N–H and O–H groups in total. The highest BCUT2D eigenvalue weighted by Crippen LogP contribution is 2.28. The predicted molar refractivity (Wildman–Crippen MR) is 102 cm³/mol. The molecule has 134 valence electrons. The van der Waals surface area contributed by atoms with Gasteiger partial charge in [0.2, 0.25) is 0 Å². The fourth-order valence-electron chi connectivity index (χ4n) is 3.00. The van der Waals surface area contributed by atoms with Gasteiger partial charge >= 0.3 is 0 Å². The van der Waals surface area contributed by atoms with E-state index in [1.165, 1.54) is 12.1 Å². The number of nitriles is 1. The Kier molecular flexibility index (Phi) is 3.89. The second-order valence-corrected chi connectivity index (χ2v) is 6.62. The van der Waals surface area contributed by atoms with E-state index in [4.69, 9.17) is 11.0 Å². The fourth-order valence-corrected chi connectivity index (χ4v) is 3.00. The first kappa shape index (κ1) is 16.8. The molecule has 7 heteroatoms. The number of anilines is 1. The molecular formula is C20H17FN6. The third-order valence-electron chi connectivity index (χ3n) is 4.39. The molecule has 2 aromatic heterocycles. The number of nitrogens with zero attached hydrogens (tertiary/aromatic N) is 5. The lowest BCUT2D eigenvalue weighted by Crippen LogP contribution is -2.00. The van der Waals surface area contributed by atoms with E-state index < -0.39 is 5.82 Å². The van der Waals surface area contributed by atoms with Crippen LogP contribution < -0.4 is 5.73 Å². The van der Waals surface area contributed by atoms with E-state index in [-0.39, 0.29) is 11.6 Å². The summed E-state index contributed by atoms with van der Waals surface area (Å²) in [4.78, 5) is 0. The molecule has 2 heterocycles. The predicted octanol–water partition coefficient (Wildman–Crippen LogP) is 4.06. The monoisotopic (exact) mass is 360 g/mol. The molecule has 6 nitrogen and oxygen atoms in total. The smallest absolute Gasteiger partial charge is 0.146 e. The summed E-state index contributed by atoms with van der Waals surface area (Å²) >= 11 is 0. The topological polar surface area (TPSA) is 85.5 Å². The highest BCUT2D eigenvalue weighted by Gasteiger charge is 2.14. The summed E-state index contributed by atoms with van der Waals surface area (Å²) in [5.41, 5.74) is 8.83. The number of nitrogen functional groups attached to an aromatic ring is 1. The van der Waals surface area contributed by atoms with Crippen LogP contribution in [0.25, 0.3) is 27.8 Å². The molecule has 4 aromatic rings. The van der Waals surface area contributed by atoms with Crippen molar-refractivity contribution in [3.05, 3.63) is 60.0 Å². The molecule has 0 saturated carbocycles. The summed E-state index contributed by atoms with van der Waals surface area (Å²) in [5.74, 6) is -0.247. The molecule has 0 spiro atoms. The molecule has 0 aliphatic heterocycles. The number of rotatable bonds is 3. The summed E-state index contributed by atoms with van der Waals surface area (Å²) in [6, 6.07) is 14.0. The van der Waals surface area contributed by atoms with Crippen LogP contribution in [0.4, 0.5) is 10.2 Å². The van der Waals surface area contributed by atoms with Crippen molar-refractivity contribution in [1.82, 2.24) is 19.6 Å². The minimum absolute atomic E-state index is 0.000284. The van der Waals surface area contributed by atoms with Gasteiger partial charge in [-0.2, -0.15) is 15.5 Å². The molecule has 0 atom stereocenters. The molecule has 0 radical (unpaired) electrons. The molecule has 0 aliphatic rings. The number of hydrogen-bond donors (Lipinski definition) is 1. The van der Waals surface area contributed by atoms with Gasteiger partial charge in [0.05, 0.1) is 22.5 Å². The van der Waals surface area contributed by atoms with Gasteiger partial charge in [0.15, 0.2) is 0 Å². The third-order valence-corrected chi connectivity index (χ3v) is 4.39. The first-order chi connectivity index (χ1) is 13.0. The number of nitrogens with two attached hydrogens (primary N) is 1. The standard InChI is InChI=1S/C20H17FN6/c1-12(2)26-11-15-7-16(5-6-18(15)24-26)27-19(9-20(23)25-27)13-3-4-14(10-22)17(21)8-13/h3-9,11-12H,1-2H3,(H2,23,25). The van der Waals surface area contributed by atoms with Crippen LogP contribution in [0.1, 0.15) is 25.5 Å². The fraction of sp³-hybridized carbons (Fsp3) is 0.150. The van der Waals surface area contributed by atoms with Gasteiger partial charge in [-0.05, 0) is 44.2 Å². The van der Waals surface area contributed by atoms with Crippen molar-refractivity contribution in [2.24, 2.45) is 0 Å². The van der Waals surface area contributed by atoms with E-state index >= 15 is 0 Å². The Hall–Kier alpha value is -3.66. The quantitative estimate of drug-likeness (QED) is 0.597. The van der Waals surface area contributed by atoms with E-state index in [9.17, 15) is 4.39 Å². The van der Waals surface area contributed by atoms with Crippen LogP contribution in [0, 0.1) is 17.1 Å². The number of aromatic nitrogens is 4. The van der Waals surface area contributed by atoms with Gasteiger partial charge in [0.1, 0.15) is 17.7 Å². The van der Waals surface area contributed by atoms with Crippen molar-refractivity contribution in [3.8, 4) is 23.0 Å². The molecule has 0 fully saturated rings. The Morgan fingerprint density at radius 3 is 2.63 bits per heavy atom. The summed E-state index contributed by atoms with van der Waals surface area (Å²) in [6.45, 7) is 4.14. The first-order valence-corrected chi connectivity index (χ1v) is 8.51. The molecule has 4 rings (SSSR count).